The Morgan fingerprint density at radius 2 is 0.571 bits per heavy atom. The van der Waals surface area contributed by atoms with E-state index in [2.05, 4.69) is 34.6 Å². The largest absolute Gasteiger partial charge is 0.507 e. The highest BCUT2D eigenvalue weighted by Gasteiger charge is 2.28. The Balaban J connectivity index is 0.000000245. The van der Waals surface area contributed by atoms with Crippen molar-refractivity contribution in [2.45, 2.75) is 261 Å². The van der Waals surface area contributed by atoms with Crippen LogP contribution in [0, 0.1) is 34.6 Å². The van der Waals surface area contributed by atoms with Crippen LogP contribution in [0.5, 0.6) is 69.0 Å². The number of rotatable bonds is 40. The van der Waals surface area contributed by atoms with Gasteiger partial charge < -0.3 is 58.7 Å². The van der Waals surface area contributed by atoms with Gasteiger partial charge in [-0.3, -0.25) is 0 Å². The van der Waals surface area contributed by atoms with E-state index >= 15 is 0 Å². The second-order valence-corrected chi connectivity index (χ2v) is 28.3. The number of nitrogens with zero attached hydrogens (tertiary/aromatic N) is 6. The standard InChI is InChI=1S/C47H65N3O6.C40H51N3O6/c1-7-10-13-18-29-53-39-26-23-36(42(51)32(39)4)45-48-46(37-24-27-40(33(5)43(37)52)54-30-19-14-11-8-2)50-47(49-45)38-25-28-41(56-35-21-16-17-22-35)34(6)44(38)55-31-20-15-12-9-3;1-5-7-9-13-23-47-34-21-19-31(36(45)26(34)3)39-41-38(30-18-17-29(25-33(30)44)49-28-15-11-12-16-28)42-40(43-39)32-20-22-35(27(4)37(32)46)48-24-14-10-8-6-2/h23-28,35,51-52H,7-22,29-31H2,1-6H3;17-22,25,28,44-46H,5-16,23-24H2,1-4H3. The van der Waals surface area contributed by atoms with Gasteiger partial charge in [0.05, 0.1) is 78.6 Å². The molecule has 0 saturated heterocycles. The second-order valence-electron chi connectivity index (χ2n) is 28.3. The molecule has 6 aromatic carbocycles. The van der Waals surface area contributed by atoms with E-state index in [0.717, 1.165) is 165 Å². The number of hydrogen-bond donors (Lipinski definition) is 5. The zero-order chi connectivity index (χ0) is 74.6. The summed E-state index contributed by atoms with van der Waals surface area (Å²) in [5, 5.41) is 57.2. The van der Waals surface area contributed by atoms with Crippen LogP contribution in [-0.4, -0.2) is 101 Å². The molecular weight excluding hydrogens is 1320 g/mol. The summed E-state index contributed by atoms with van der Waals surface area (Å²) in [5.41, 5.74) is 5.97. The van der Waals surface area contributed by atoms with Gasteiger partial charge in [0, 0.05) is 33.9 Å². The molecule has 2 aromatic heterocycles. The number of unbranched alkanes of at least 4 members (excludes halogenated alkanes) is 15. The van der Waals surface area contributed by atoms with Crippen LogP contribution in [0.15, 0.2) is 78.9 Å². The Hall–Kier alpha value is -9.06. The molecule has 2 aliphatic carbocycles. The van der Waals surface area contributed by atoms with Crippen molar-refractivity contribution < 1.29 is 58.7 Å². The fourth-order valence-electron chi connectivity index (χ4n) is 13.4. The van der Waals surface area contributed by atoms with Gasteiger partial charge in [0.2, 0.25) is 0 Å². The SMILES string of the molecule is CCCCCCOc1ccc(-c2nc(-c3ccc(OC4CCCC4)cc3O)nc(-c3ccc(OCCCCCC)c(C)c3O)n2)c(O)c1C.CCCCCCOc1ccc(-c2nc(-c3ccc(OCCCCCC)c(C)c3O)nc(-c3ccc(OC4CCCC4)c(C)c3OCCCCCC)n2)c(O)c1C. The molecule has 2 heterocycles. The van der Waals surface area contributed by atoms with Crippen LogP contribution in [0.25, 0.3) is 68.3 Å². The topological polar surface area (TPSA) is 243 Å². The van der Waals surface area contributed by atoms with Crippen molar-refractivity contribution in [3.05, 3.63) is 107 Å². The molecule has 0 amide bonds. The summed E-state index contributed by atoms with van der Waals surface area (Å²) < 4.78 is 43.4. The van der Waals surface area contributed by atoms with Gasteiger partial charge in [-0.1, -0.05) is 131 Å². The maximum atomic E-state index is 11.6. The third-order valence-electron chi connectivity index (χ3n) is 20.0. The Morgan fingerprint density at radius 1 is 0.295 bits per heavy atom. The average Bonchev–Trinajstić information content (AvgIpc) is 1.15. The summed E-state index contributed by atoms with van der Waals surface area (Å²) in [5.74, 6) is 5.99. The number of ether oxygens (including phenoxy) is 7. The molecular formula is C87H116N6O12. The lowest BCUT2D eigenvalue weighted by atomic mass is 10.0. The van der Waals surface area contributed by atoms with Gasteiger partial charge in [-0.15, -0.1) is 0 Å². The van der Waals surface area contributed by atoms with Crippen LogP contribution < -0.4 is 33.2 Å². The van der Waals surface area contributed by atoms with Gasteiger partial charge in [0.1, 0.15) is 69.0 Å². The van der Waals surface area contributed by atoms with Crippen molar-refractivity contribution in [1.29, 1.82) is 0 Å². The van der Waals surface area contributed by atoms with E-state index in [1.807, 2.05) is 57.2 Å². The third kappa shape index (κ3) is 21.8. The zero-order valence-corrected chi connectivity index (χ0v) is 64.3. The molecule has 8 aromatic rings. The molecule has 2 fully saturated rings. The normalized spacial score (nSPS) is 13.0. The Bertz CT molecular complexity index is 3900. The number of phenols is 5. The molecule has 566 valence electrons. The molecule has 0 aliphatic heterocycles. The molecule has 18 nitrogen and oxygen atoms in total. The summed E-state index contributed by atoms with van der Waals surface area (Å²) in [7, 11) is 0. The first-order valence-electron chi connectivity index (χ1n) is 39.4. The van der Waals surface area contributed by atoms with E-state index in [0.29, 0.717) is 129 Å². The minimum atomic E-state index is -0.0435. The highest BCUT2D eigenvalue weighted by molar-refractivity contribution is 5.79. The summed E-state index contributed by atoms with van der Waals surface area (Å²) in [6.45, 7) is 23.1. The molecule has 10 rings (SSSR count). The minimum absolute atomic E-state index is 0.00841. The Labute approximate surface area is 623 Å². The van der Waals surface area contributed by atoms with E-state index < -0.39 is 0 Å². The van der Waals surface area contributed by atoms with E-state index in [-0.39, 0.29) is 70.1 Å². The summed E-state index contributed by atoms with van der Waals surface area (Å²) in [6, 6.07) is 23.5. The van der Waals surface area contributed by atoms with Crippen LogP contribution in [0.2, 0.25) is 0 Å². The predicted molar refractivity (Wildman–Crippen MR) is 418 cm³/mol. The third-order valence-corrected chi connectivity index (χ3v) is 20.0. The Morgan fingerprint density at radius 3 is 0.895 bits per heavy atom. The number of benzene rings is 6. The highest BCUT2D eigenvalue weighted by Crippen LogP contribution is 2.46. The molecule has 0 bridgehead atoms. The van der Waals surface area contributed by atoms with Crippen molar-refractivity contribution in [2.75, 3.05) is 33.0 Å². The molecule has 0 spiro atoms. The summed E-state index contributed by atoms with van der Waals surface area (Å²) in [6.07, 6.45) is 30.8. The van der Waals surface area contributed by atoms with Crippen molar-refractivity contribution >= 4 is 0 Å². The molecule has 105 heavy (non-hydrogen) atoms. The predicted octanol–water partition coefficient (Wildman–Crippen LogP) is 22.3. The smallest absolute Gasteiger partial charge is 0.167 e. The average molecular weight is 1440 g/mol. The van der Waals surface area contributed by atoms with Gasteiger partial charge in [-0.25, -0.2) is 29.9 Å². The molecule has 2 aliphatic rings. The van der Waals surface area contributed by atoms with Crippen molar-refractivity contribution in [1.82, 2.24) is 29.9 Å². The molecule has 2 saturated carbocycles. The van der Waals surface area contributed by atoms with Gasteiger partial charge in [0.25, 0.3) is 0 Å². The molecule has 5 N–H and O–H groups in total. The molecule has 0 atom stereocenters. The van der Waals surface area contributed by atoms with Gasteiger partial charge >= 0.3 is 0 Å². The van der Waals surface area contributed by atoms with Crippen LogP contribution in [0.1, 0.15) is 242 Å². The van der Waals surface area contributed by atoms with Crippen molar-refractivity contribution in [3.63, 3.8) is 0 Å². The molecule has 0 radical (unpaired) electrons. The van der Waals surface area contributed by atoms with Crippen LogP contribution in [0.3, 0.4) is 0 Å². The first-order valence-corrected chi connectivity index (χ1v) is 39.4. The maximum Gasteiger partial charge on any atom is 0.167 e. The lowest BCUT2D eigenvalue weighted by molar-refractivity contribution is 0.206. The number of aromatic hydroxyl groups is 5. The van der Waals surface area contributed by atoms with Crippen LogP contribution >= 0.6 is 0 Å². The lowest BCUT2D eigenvalue weighted by Crippen LogP contribution is -2.12. The first kappa shape index (κ1) is 80.0. The summed E-state index contributed by atoms with van der Waals surface area (Å²) >= 11 is 0. The van der Waals surface area contributed by atoms with E-state index in [1.54, 1.807) is 56.3 Å². The molecule has 18 heteroatoms. The number of aromatic nitrogens is 6. The fourth-order valence-corrected chi connectivity index (χ4v) is 13.4. The summed E-state index contributed by atoms with van der Waals surface area (Å²) in [4.78, 5) is 29.1. The van der Waals surface area contributed by atoms with Crippen LogP contribution in [0.4, 0.5) is 0 Å². The van der Waals surface area contributed by atoms with Gasteiger partial charge in [-0.2, -0.15) is 0 Å². The van der Waals surface area contributed by atoms with Crippen LogP contribution in [-0.2, 0) is 0 Å². The number of hydrogen-bond acceptors (Lipinski definition) is 18. The quantitative estimate of drug-likeness (QED) is 0.0224. The second kappa shape index (κ2) is 41.0. The fraction of sp³-hybridized carbons (Fsp3) is 0.517. The van der Waals surface area contributed by atoms with Gasteiger partial charge in [-0.05, 0) is 191 Å². The van der Waals surface area contributed by atoms with E-state index in [1.165, 1.54) is 25.7 Å². The first-order chi connectivity index (χ1) is 51.1. The van der Waals surface area contributed by atoms with E-state index in [9.17, 15) is 25.5 Å². The van der Waals surface area contributed by atoms with Crippen molar-refractivity contribution in [3.8, 4) is 137 Å². The maximum absolute atomic E-state index is 11.6. The Kier molecular flexibility index (Phi) is 31.3. The monoisotopic (exact) mass is 1440 g/mol. The minimum Gasteiger partial charge on any atom is -0.507 e. The zero-order valence-electron chi connectivity index (χ0n) is 64.3. The van der Waals surface area contributed by atoms with Gasteiger partial charge in [0.15, 0.2) is 34.9 Å². The highest BCUT2D eigenvalue weighted by atomic mass is 16.5. The van der Waals surface area contributed by atoms with Crippen molar-refractivity contribution in [2.24, 2.45) is 0 Å². The van der Waals surface area contributed by atoms with E-state index in [4.69, 9.17) is 63.1 Å². The molecule has 0 unspecified atom stereocenters. The lowest BCUT2D eigenvalue weighted by Gasteiger charge is -2.20. The number of phenolic OH excluding ortho intramolecular Hbond substituents is 5.